The van der Waals surface area contributed by atoms with Gasteiger partial charge in [-0.2, -0.15) is 0 Å². The van der Waals surface area contributed by atoms with Gasteiger partial charge in [0.25, 0.3) is 6.29 Å². The minimum absolute atomic E-state index is 0. The Balaban J connectivity index is 0.00000156. The first-order valence-electron chi connectivity index (χ1n) is 6.41. The average molecular weight is 395 g/mol. The second-order valence-corrected chi connectivity index (χ2v) is 6.39. The Morgan fingerprint density at radius 3 is 2.76 bits per heavy atom. The van der Waals surface area contributed by atoms with Gasteiger partial charge >= 0.3 is 66.7 Å². The Labute approximate surface area is 185 Å². The SMILES string of the molecule is Nc1ncnc2c1ncn2OC1OC[C@H](OCP(=O)(O)O)[C@H]1O.[NaH].[NaH]. The summed E-state index contributed by atoms with van der Waals surface area (Å²) >= 11 is 0. The number of rotatable bonds is 5. The zero-order valence-corrected chi connectivity index (χ0v) is 12.5. The number of hydrogen-bond donors (Lipinski definition) is 4. The molecular weight excluding hydrogens is 379 g/mol. The van der Waals surface area contributed by atoms with E-state index in [4.69, 9.17) is 29.8 Å². The molecule has 0 bridgehead atoms. The first-order valence-corrected chi connectivity index (χ1v) is 8.21. The van der Waals surface area contributed by atoms with Crippen LogP contribution in [-0.4, -0.2) is 125 Å². The van der Waals surface area contributed by atoms with Crippen molar-refractivity contribution in [3.63, 3.8) is 0 Å². The van der Waals surface area contributed by atoms with Crippen LogP contribution < -0.4 is 10.6 Å². The number of aromatic nitrogens is 4. The molecule has 1 fully saturated rings. The summed E-state index contributed by atoms with van der Waals surface area (Å²) in [4.78, 5) is 34.7. The monoisotopic (exact) mass is 395 g/mol. The van der Waals surface area contributed by atoms with E-state index in [1.165, 1.54) is 12.7 Å². The minimum atomic E-state index is -4.33. The average Bonchev–Trinajstić information content (AvgIpc) is 3.03. The second kappa shape index (κ2) is 9.40. The van der Waals surface area contributed by atoms with Crippen molar-refractivity contribution in [1.29, 1.82) is 0 Å². The Bertz CT molecular complexity index is 758. The molecule has 5 N–H and O–H groups in total. The number of hydrogen-bond acceptors (Lipinski definition) is 9. The first-order chi connectivity index (χ1) is 10.8. The number of nitrogens with two attached hydrogens (primary N) is 1. The molecule has 1 unspecified atom stereocenters. The zero-order valence-electron chi connectivity index (χ0n) is 11.6. The second-order valence-electron chi connectivity index (χ2n) is 4.80. The molecule has 0 amide bonds. The Morgan fingerprint density at radius 1 is 1.36 bits per heavy atom. The molecule has 0 radical (unpaired) electrons. The molecule has 1 saturated heterocycles. The van der Waals surface area contributed by atoms with Gasteiger partial charge in [-0.05, 0) is 0 Å². The van der Waals surface area contributed by atoms with Crippen LogP contribution in [0.25, 0.3) is 11.2 Å². The van der Waals surface area contributed by atoms with Crippen LogP contribution in [0.2, 0.25) is 0 Å². The van der Waals surface area contributed by atoms with Gasteiger partial charge in [0.1, 0.15) is 31.2 Å². The number of fused-ring (bicyclic) bond motifs is 1. The van der Waals surface area contributed by atoms with E-state index in [1.807, 2.05) is 0 Å². The van der Waals surface area contributed by atoms with E-state index in [0.29, 0.717) is 5.52 Å². The van der Waals surface area contributed by atoms with Crippen LogP contribution in [0, 0.1) is 0 Å². The molecule has 2 aromatic heterocycles. The van der Waals surface area contributed by atoms with Crippen molar-refractivity contribution >= 4 is 83.7 Å². The molecule has 130 valence electrons. The molecule has 3 rings (SSSR count). The number of aliphatic hydroxyl groups is 1. The summed E-state index contributed by atoms with van der Waals surface area (Å²) in [5.41, 5.74) is 6.26. The summed E-state index contributed by atoms with van der Waals surface area (Å²) < 4.78 is 22.1. The molecule has 0 aromatic carbocycles. The van der Waals surface area contributed by atoms with Crippen molar-refractivity contribution in [3.05, 3.63) is 12.7 Å². The van der Waals surface area contributed by atoms with Crippen molar-refractivity contribution in [3.8, 4) is 0 Å². The van der Waals surface area contributed by atoms with Crippen LogP contribution in [0.15, 0.2) is 12.7 Å². The van der Waals surface area contributed by atoms with Crippen LogP contribution >= 0.6 is 7.60 Å². The van der Waals surface area contributed by atoms with Gasteiger partial charge in [0.2, 0.25) is 5.65 Å². The maximum atomic E-state index is 10.8. The van der Waals surface area contributed by atoms with Gasteiger partial charge in [0.15, 0.2) is 11.3 Å². The Hall–Kier alpha value is 0.180. The summed E-state index contributed by atoms with van der Waals surface area (Å²) in [5.74, 6) is 0.174. The fourth-order valence-corrected chi connectivity index (χ4v) is 2.40. The standard InChI is InChI=1S/C10H14N5O7P.2Na.2H/c11-8-6-9(13-2-12-8)15(3-14-6)22-10-7(16)5(1-20-10)21-4-23(17,18)19;;;;/h2-3,5,7,10,16H,1,4H2,(H2,11,12,13)(H2,17,18,19);;;;/t5-,7+,10?;;;;/m0..../s1. The van der Waals surface area contributed by atoms with Crippen molar-refractivity contribution in [2.45, 2.75) is 18.5 Å². The van der Waals surface area contributed by atoms with Crippen LogP contribution in [0.4, 0.5) is 5.82 Å². The molecule has 25 heavy (non-hydrogen) atoms. The molecule has 0 saturated carbocycles. The fraction of sp³-hybridized carbons (Fsp3) is 0.500. The summed E-state index contributed by atoms with van der Waals surface area (Å²) in [6.45, 7) is -0.0877. The topological polar surface area (TPSA) is 175 Å². The van der Waals surface area contributed by atoms with Crippen LogP contribution in [0.3, 0.4) is 0 Å². The van der Waals surface area contributed by atoms with Gasteiger partial charge in [-0.3, -0.25) is 4.57 Å². The number of ether oxygens (including phenoxy) is 2. The number of anilines is 1. The molecule has 0 aliphatic carbocycles. The quantitative estimate of drug-likeness (QED) is 0.296. The molecular formula is C10H16N5Na2O7P. The Kier molecular flexibility index (Phi) is 8.73. The van der Waals surface area contributed by atoms with Crippen molar-refractivity contribution in [1.82, 2.24) is 19.7 Å². The van der Waals surface area contributed by atoms with E-state index < -0.39 is 32.4 Å². The van der Waals surface area contributed by atoms with Crippen molar-refractivity contribution < 1.29 is 33.8 Å². The summed E-state index contributed by atoms with van der Waals surface area (Å²) in [7, 11) is -4.33. The van der Waals surface area contributed by atoms with E-state index in [9.17, 15) is 9.67 Å². The van der Waals surface area contributed by atoms with E-state index >= 15 is 0 Å². The van der Waals surface area contributed by atoms with E-state index in [1.54, 1.807) is 0 Å². The van der Waals surface area contributed by atoms with Gasteiger partial charge in [0, 0.05) is 0 Å². The molecule has 1 aliphatic rings. The predicted molar refractivity (Wildman–Crippen MR) is 88.1 cm³/mol. The van der Waals surface area contributed by atoms with E-state index in [2.05, 4.69) is 15.0 Å². The molecule has 3 atom stereocenters. The van der Waals surface area contributed by atoms with Crippen LogP contribution in [0.1, 0.15) is 0 Å². The van der Waals surface area contributed by atoms with Gasteiger partial charge in [-0.15, -0.1) is 4.73 Å². The van der Waals surface area contributed by atoms with Gasteiger partial charge < -0.3 is 34.9 Å². The summed E-state index contributed by atoms with van der Waals surface area (Å²) in [5, 5.41) is 10.1. The molecule has 12 nitrogen and oxygen atoms in total. The normalized spacial score (nSPS) is 23.1. The number of imidazole rings is 1. The third kappa shape index (κ3) is 5.58. The van der Waals surface area contributed by atoms with Crippen molar-refractivity contribution in [2.75, 3.05) is 18.7 Å². The van der Waals surface area contributed by atoms with E-state index in [-0.39, 0.29) is 77.2 Å². The predicted octanol–water partition coefficient (Wildman–Crippen LogP) is -3.22. The van der Waals surface area contributed by atoms with Gasteiger partial charge in [-0.1, -0.05) is 0 Å². The number of aliphatic hydroxyl groups excluding tert-OH is 1. The van der Waals surface area contributed by atoms with Crippen LogP contribution in [0.5, 0.6) is 0 Å². The summed E-state index contributed by atoms with van der Waals surface area (Å²) in [6, 6.07) is 0. The number of nitrogen functional groups attached to an aromatic ring is 1. The van der Waals surface area contributed by atoms with Gasteiger partial charge in [-0.25, -0.2) is 15.0 Å². The third-order valence-electron chi connectivity index (χ3n) is 3.09. The molecule has 0 spiro atoms. The molecule has 15 heteroatoms. The zero-order chi connectivity index (χ0) is 16.6. The van der Waals surface area contributed by atoms with E-state index in [0.717, 1.165) is 4.73 Å². The molecule has 3 heterocycles. The fourth-order valence-electron chi connectivity index (χ4n) is 2.02. The van der Waals surface area contributed by atoms with Gasteiger partial charge in [0.05, 0.1) is 6.61 Å². The first kappa shape index (κ1) is 23.2. The molecule has 1 aliphatic heterocycles. The Morgan fingerprint density at radius 2 is 2.08 bits per heavy atom. The maximum absolute atomic E-state index is 10.8. The summed E-state index contributed by atoms with van der Waals surface area (Å²) in [6.07, 6.45) is -1.60. The molecule has 2 aromatic rings. The number of nitrogens with zero attached hydrogens (tertiary/aromatic N) is 4. The third-order valence-corrected chi connectivity index (χ3v) is 3.58. The van der Waals surface area contributed by atoms with Crippen molar-refractivity contribution in [2.24, 2.45) is 0 Å². The van der Waals surface area contributed by atoms with Crippen LogP contribution in [-0.2, 0) is 14.0 Å².